The molecule has 0 aliphatic carbocycles. The van der Waals surface area contributed by atoms with Gasteiger partial charge in [-0.05, 0) is 35.1 Å². The van der Waals surface area contributed by atoms with Crippen molar-refractivity contribution in [2.24, 2.45) is 5.10 Å². The first-order valence-corrected chi connectivity index (χ1v) is 12.3. The van der Waals surface area contributed by atoms with Crippen LogP contribution < -0.4 is 16.5 Å². The molecule has 2 heterocycles. The number of unbranched alkanes of at least 4 members (excludes halogenated alkanes) is 1. The van der Waals surface area contributed by atoms with Gasteiger partial charge in [-0.15, -0.1) is 10.6 Å². The highest BCUT2D eigenvalue weighted by atomic mass is 15.8. The van der Waals surface area contributed by atoms with Crippen LogP contribution in [0.25, 0.3) is 11.1 Å². The molecule has 0 spiro atoms. The average Bonchev–Trinajstić information content (AvgIpc) is 3.58. The number of amidine groups is 1. The van der Waals surface area contributed by atoms with Gasteiger partial charge in [-0.2, -0.15) is 5.10 Å². The van der Waals surface area contributed by atoms with Gasteiger partial charge < -0.3 is 0 Å². The molecule has 0 saturated carbocycles. The zero-order chi connectivity index (χ0) is 23.9. The molecule has 3 aromatic carbocycles. The summed E-state index contributed by atoms with van der Waals surface area (Å²) in [7, 11) is 0. The first-order chi connectivity index (χ1) is 17.3. The van der Waals surface area contributed by atoms with Crippen molar-refractivity contribution in [3.8, 4) is 11.1 Å². The molecule has 1 aliphatic heterocycles. The molecule has 0 radical (unpaired) electrons. The van der Waals surface area contributed by atoms with Crippen molar-refractivity contribution >= 4 is 5.84 Å². The predicted molar refractivity (Wildman–Crippen MR) is 139 cm³/mol. The fraction of sp³-hybridized carbons (Fsp3) is 0.250. The first kappa shape index (κ1) is 22.8. The SMILES string of the molecule is CCCCc1nc(CCc2ccccc2)nn1Cc1ccc(-c2ccccc2C2=NNNN2)cc1. The molecule has 3 N–H and O–H groups in total. The Morgan fingerprint density at radius 3 is 2.29 bits per heavy atom. The topological polar surface area (TPSA) is 79.2 Å². The van der Waals surface area contributed by atoms with Crippen molar-refractivity contribution in [3.63, 3.8) is 0 Å². The smallest absolute Gasteiger partial charge is 0.171 e. The minimum absolute atomic E-state index is 0.724. The molecule has 1 aliphatic rings. The molecule has 0 atom stereocenters. The summed E-state index contributed by atoms with van der Waals surface area (Å²) in [6.45, 7) is 2.94. The Bertz CT molecular complexity index is 1280. The van der Waals surface area contributed by atoms with Crippen molar-refractivity contribution in [1.82, 2.24) is 31.3 Å². The summed E-state index contributed by atoms with van der Waals surface area (Å²) in [5.74, 6) is 2.78. The van der Waals surface area contributed by atoms with Crippen LogP contribution in [0.1, 0.15) is 48.1 Å². The van der Waals surface area contributed by atoms with E-state index in [0.717, 1.165) is 72.8 Å². The Morgan fingerprint density at radius 2 is 1.54 bits per heavy atom. The van der Waals surface area contributed by atoms with Crippen LogP contribution in [0, 0.1) is 0 Å². The van der Waals surface area contributed by atoms with Gasteiger partial charge in [-0.25, -0.2) is 15.2 Å². The van der Waals surface area contributed by atoms with Gasteiger partial charge >= 0.3 is 0 Å². The highest BCUT2D eigenvalue weighted by Gasteiger charge is 2.14. The maximum Gasteiger partial charge on any atom is 0.171 e. The summed E-state index contributed by atoms with van der Waals surface area (Å²) >= 11 is 0. The van der Waals surface area contributed by atoms with Crippen LogP contribution in [-0.2, 0) is 25.8 Å². The molecule has 0 fully saturated rings. The largest absolute Gasteiger partial charge is 0.285 e. The standard InChI is InChI=1S/C28H31N7/c1-2-3-13-27-29-26(19-16-21-9-5-4-6-10-21)32-35(27)20-22-14-17-23(18-15-22)24-11-7-8-12-25(24)28-30-33-34-31-28/h4-12,14-15,17-18,33-34H,2-3,13,16,19-20H2,1H3,(H,30,31). The Balaban J connectivity index is 1.33. The Kier molecular flexibility index (Phi) is 7.15. The van der Waals surface area contributed by atoms with Crippen molar-refractivity contribution < 1.29 is 0 Å². The molecular weight excluding hydrogens is 434 g/mol. The molecule has 0 bridgehead atoms. The molecular formula is C28H31N7. The quantitative estimate of drug-likeness (QED) is 0.324. The number of aromatic nitrogens is 3. The molecule has 35 heavy (non-hydrogen) atoms. The molecule has 0 amide bonds. The number of nitrogens with one attached hydrogen (secondary N) is 3. The fourth-order valence-electron chi connectivity index (χ4n) is 4.31. The minimum atomic E-state index is 0.724. The zero-order valence-electron chi connectivity index (χ0n) is 20.0. The van der Waals surface area contributed by atoms with Gasteiger partial charge in [0.05, 0.1) is 6.54 Å². The second kappa shape index (κ2) is 11.0. The number of benzene rings is 3. The molecule has 4 aromatic rings. The number of rotatable bonds is 10. The predicted octanol–water partition coefficient (Wildman–Crippen LogP) is 4.40. The molecule has 0 saturated heterocycles. The van der Waals surface area contributed by atoms with E-state index in [4.69, 9.17) is 10.1 Å². The third kappa shape index (κ3) is 5.58. The summed E-state index contributed by atoms with van der Waals surface area (Å²) in [5.41, 5.74) is 14.4. The van der Waals surface area contributed by atoms with Crippen LogP contribution in [0.15, 0.2) is 84.0 Å². The molecule has 1 aromatic heterocycles. The maximum atomic E-state index is 4.90. The van der Waals surface area contributed by atoms with Crippen LogP contribution in [0.2, 0.25) is 0 Å². The lowest BCUT2D eigenvalue weighted by atomic mass is 9.98. The second-order valence-corrected chi connectivity index (χ2v) is 8.76. The van der Waals surface area contributed by atoms with E-state index in [1.807, 2.05) is 6.07 Å². The van der Waals surface area contributed by atoms with E-state index in [-0.39, 0.29) is 0 Å². The number of hydrogen-bond donors (Lipinski definition) is 3. The Hall–Kier alpha value is -3.97. The average molecular weight is 466 g/mol. The van der Waals surface area contributed by atoms with Gasteiger partial charge in [-0.3, -0.25) is 5.43 Å². The summed E-state index contributed by atoms with van der Waals surface area (Å²) < 4.78 is 2.09. The number of hydrazine groups is 2. The third-order valence-electron chi connectivity index (χ3n) is 6.21. The van der Waals surface area contributed by atoms with E-state index in [2.05, 4.69) is 106 Å². The van der Waals surface area contributed by atoms with Crippen LogP contribution in [0.4, 0.5) is 0 Å². The van der Waals surface area contributed by atoms with E-state index in [9.17, 15) is 0 Å². The lowest BCUT2D eigenvalue weighted by Crippen LogP contribution is -2.35. The van der Waals surface area contributed by atoms with Gasteiger partial charge in [0.15, 0.2) is 11.7 Å². The maximum absolute atomic E-state index is 4.90. The van der Waals surface area contributed by atoms with Crippen molar-refractivity contribution in [3.05, 3.63) is 107 Å². The van der Waals surface area contributed by atoms with Gasteiger partial charge in [0.2, 0.25) is 0 Å². The number of nitrogens with zero attached hydrogens (tertiary/aromatic N) is 4. The van der Waals surface area contributed by atoms with Gasteiger partial charge in [-0.1, -0.05) is 92.2 Å². The lowest BCUT2D eigenvalue weighted by Gasteiger charge is -2.11. The Labute approximate surface area is 206 Å². The third-order valence-corrected chi connectivity index (χ3v) is 6.21. The zero-order valence-corrected chi connectivity index (χ0v) is 20.0. The van der Waals surface area contributed by atoms with E-state index in [0.29, 0.717) is 0 Å². The van der Waals surface area contributed by atoms with E-state index in [1.54, 1.807) is 0 Å². The summed E-state index contributed by atoms with van der Waals surface area (Å²) in [6, 6.07) is 27.5. The number of aryl methyl sites for hydroxylation is 3. The van der Waals surface area contributed by atoms with Gasteiger partial charge in [0.1, 0.15) is 5.82 Å². The molecule has 7 heteroatoms. The van der Waals surface area contributed by atoms with E-state index < -0.39 is 0 Å². The van der Waals surface area contributed by atoms with Gasteiger partial charge in [0, 0.05) is 18.4 Å². The molecule has 5 rings (SSSR count). The van der Waals surface area contributed by atoms with Crippen LogP contribution >= 0.6 is 0 Å². The van der Waals surface area contributed by atoms with Crippen LogP contribution in [-0.4, -0.2) is 20.6 Å². The summed E-state index contributed by atoms with van der Waals surface area (Å²) in [6.07, 6.45) is 5.03. The fourth-order valence-corrected chi connectivity index (χ4v) is 4.31. The van der Waals surface area contributed by atoms with E-state index >= 15 is 0 Å². The van der Waals surface area contributed by atoms with Gasteiger partial charge in [0.25, 0.3) is 0 Å². The molecule has 0 unspecified atom stereocenters. The number of hydrogen-bond acceptors (Lipinski definition) is 6. The monoisotopic (exact) mass is 465 g/mol. The molecule has 7 nitrogen and oxygen atoms in total. The lowest BCUT2D eigenvalue weighted by molar-refractivity contribution is 0.577. The second-order valence-electron chi connectivity index (χ2n) is 8.76. The van der Waals surface area contributed by atoms with E-state index in [1.165, 1.54) is 11.1 Å². The van der Waals surface area contributed by atoms with Crippen molar-refractivity contribution in [2.75, 3.05) is 0 Å². The normalized spacial score (nSPS) is 12.8. The summed E-state index contributed by atoms with van der Waals surface area (Å²) in [4.78, 5) is 4.90. The van der Waals surface area contributed by atoms with Crippen LogP contribution in [0.3, 0.4) is 0 Å². The highest BCUT2D eigenvalue weighted by Crippen LogP contribution is 2.25. The van der Waals surface area contributed by atoms with Crippen LogP contribution in [0.5, 0.6) is 0 Å². The Morgan fingerprint density at radius 1 is 0.771 bits per heavy atom. The van der Waals surface area contributed by atoms with Crippen molar-refractivity contribution in [2.45, 2.75) is 45.6 Å². The first-order valence-electron chi connectivity index (χ1n) is 12.3. The minimum Gasteiger partial charge on any atom is -0.285 e. The van der Waals surface area contributed by atoms with Crippen molar-refractivity contribution in [1.29, 1.82) is 0 Å². The number of hydrazone groups is 1. The highest BCUT2D eigenvalue weighted by molar-refractivity contribution is 6.04. The molecule has 178 valence electrons. The summed E-state index contributed by atoms with van der Waals surface area (Å²) in [5, 5.41) is 9.15.